The van der Waals surface area contributed by atoms with E-state index >= 15 is 0 Å². The third-order valence-electron chi connectivity index (χ3n) is 3.00. The maximum atomic E-state index is 5.71. The van der Waals surface area contributed by atoms with Gasteiger partial charge in [0.25, 0.3) is 0 Å². The molecule has 16 heavy (non-hydrogen) atoms. The van der Waals surface area contributed by atoms with Crippen molar-refractivity contribution < 1.29 is 0 Å². The molecule has 1 rings (SSSR count). The summed E-state index contributed by atoms with van der Waals surface area (Å²) in [6.45, 7) is 10.7. The summed E-state index contributed by atoms with van der Waals surface area (Å²) in [4.78, 5) is 0.910. The fraction of sp³-hybridized carbons (Fsp3) is 0.750. The van der Waals surface area contributed by atoms with E-state index in [9.17, 15) is 0 Å². The maximum absolute atomic E-state index is 5.71. The Hall–Kier alpha value is 0.210. The molecule has 0 aromatic heterocycles. The van der Waals surface area contributed by atoms with Crippen molar-refractivity contribution in [3.05, 3.63) is 10.6 Å². The van der Waals surface area contributed by atoms with E-state index in [0.717, 1.165) is 4.99 Å². The number of hydrogen-bond acceptors (Lipinski definition) is 1. The van der Waals surface area contributed by atoms with Gasteiger partial charge in [0.1, 0.15) is 4.49 Å². The first-order chi connectivity index (χ1) is 7.05. The van der Waals surface area contributed by atoms with Crippen molar-refractivity contribution >= 4 is 40.4 Å². The highest BCUT2D eigenvalue weighted by Gasteiger charge is 2.58. The quantitative estimate of drug-likeness (QED) is 0.757. The Morgan fingerprint density at radius 1 is 1.31 bits per heavy atom. The Bertz CT molecular complexity index is 324. The van der Waals surface area contributed by atoms with E-state index in [1.165, 1.54) is 0 Å². The molecular formula is C12H19Cl2NS. The number of halogens is 2. The molecule has 4 heteroatoms. The van der Waals surface area contributed by atoms with Crippen molar-refractivity contribution in [2.24, 2.45) is 17.3 Å². The molecule has 0 amide bonds. The molecule has 0 saturated heterocycles. The van der Waals surface area contributed by atoms with Crippen LogP contribution in [0.15, 0.2) is 10.6 Å². The fourth-order valence-corrected chi connectivity index (χ4v) is 3.10. The molecular weight excluding hydrogens is 261 g/mol. The molecule has 1 nitrogen and oxygen atoms in total. The lowest BCUT2D eigenvalue weighted by Gasteiger charge is -2.23. The van der Waals surface area contributed by atoms with E-state index in [4.69, 9.17) is 35.4 Å². The molecule has 0 aromatic carbocycles. The third kappa shape index (κ3) is 3.35. The third-order valence-corrected chi connectivity index (χ3v) is 3.60. The van der Waals surface area contributed by atoms with Gasteiger partial charge >= 0.3 is 0 Å². The molecule has 1 N–H and O–H groups in total. The van der Waals surface area contributed by atoms with Gasteiger partial charge in [-0.25, -0.2) is 0 Å². The van der Waals surface area contributed by atoms with E-state index in [2.05, 4.69) is 39.9 Å². The van der Waals surface area contributed by atoms with Gasteiger partial charge in [-0.1, -0.05) is 49.3 Å². The average Bonchev–Trinajstić information content (AvgIpc) is 2.47. The molecule has 0 spiro atoms. The first kappa shape index (κ1) is 14.3. The number of rotatable bonds is 2. The Kier molecular flexibility index (Phi) is 3.99. The second-order valence-corrected chi connectivity index (χ2v) is 7.47. The van der Waals surface area contributed by atoms with Gasteiger partial charge in [0.2, 0.25) is 0 Å². The summed E-state index contributed by atoms with van der Waals surface area (Å²) in [5.74, 6) is 0.689. The van der Waals surface area contributed by atoms with Gasteiger partial charge in [-0.05, 0) is 38.2 Å². The number of hydrogen-bond donors (Lipinski definition) is 1. The molecule has 0 heterocycles. The van der Waals surface area contributed by atoms with Crippen LogP contribution in [0, 0.1) is 17.3 Å². The van der Waals surface area contributed by atoms with Gasteiger partial charge < -0.3 is 5.32 Å². The topological polar surface area (TPSA) is 12.0 Å². The lowest BCUT2D eigenvalue weighted by atomic mass is 10.1. The average molecular weight is 280 g/mol. The van der Waals surface area contributed by atoms with Crippen LogP contribution in [0.25, 0.3) is 0 Å². The predicted molar refractivity (Wildman–Crippen MR) is 76.0 cm³/mol. The molecule has 1 aliphatic carbocycles. The van der Waals surface area contributed by atoms with Crippen molar-refractivity contribution in [3.63, 3.8) is 0 Å². The Morgan fingerprint density at radius 2 is 1.81 bits per heavy atom. The minimum absolute atomic E-state index is 0.00871. The van der Waals surface area contributed by atoms with Crippen LogP contribution in [0.5, 0.6) is 0 Å². The van der Waals surface area contributed by atoms with Crippen molar-refractivity contribution in [1.29, 1.82) is 0 Å². The van der Waals surface area contributed by atoms with Crippen molar-refractivity contribution in [1.82, 2.24) is 5.32 Å². The highest BCUT2D eigenvalue weighted by atomic mass is 35.5. The predicted octanol–water partition coefficient (Wildman–Crippen LogP) is 4.29. The summed E-state index contributed by atoms with van der Waals surface area (Å²) >= 11 is 16.9. The molecule has 92 valence electrons. The molecule has 2 unspecified atom stereocenters. The Labute approximate surface area is 114 Å². The Balaban J connectivity index is 2.70. The number of allylic oxidation sites excluding steroid dienone is 1. The number of nitrogens with one attached hydrogen (secondary N) is 1. The standard InChI is InChI=1S/C12H19Cl2NS/c1-11(2,3)15-10(16)9-7(6-8(13)14)12(9,4)5/h6-7,9H,1-5H3,(H,15,16). The fourth-order valence-electron chi connectivity index (χ4n) is 2.07. The maximum Gasteiger partial charge on any atom is 0.103 e. The lowest BCUT2D eigenvalue weighted by molar-refractivity contribution is 0.502. The summed E-state index contributed by atoms with van der Waals surface area (Å²) in [7, 11) is 0. The lowest BCUT2D eigenvalue weighted by Crippen LogP contribution is -2.41. The minimum Gasteiger partial charge on any atom is -0.375 e. The largest absolute Gasteiger partial charge is 0.375 e. The van der Waals surface area contributed by atoms with Crippen LogP contribution in [0.4, 0.5) is 0 Å². The monoisotopic (exact) mass is 279 g/mol. The van der Waals surface area contributed by atoms with Crippen LogP contribution in [-0.2, 0) is 0 Å². The summed E-state index contributed by atoms with van der Waals surface area (Å²) in [6, 6.07) is 0. The molecule has 0 bridgehead atoms. The van der Waals surface area contributed by atoms with Crippen LogP contribution in [0.3, 0.4) is 0 Å². The summed E-state index contributed by atoms with van der Waals surface area (Å²) in [5, 5.41) is 3.36. The molecule has 1 fully saturated rings. The van der Waals surface area contributed by atoms with Crippen molar-refractivity contribution in [2.45, 2.75) is 40.2 Å². The van der Waals surface area contributed by atoms with Gasteiger partial charge in [0, 0.05) is 11.5 Å². The smallest absolute Gasteiger partial charge is 0.103 e. The molecule has 0 aromatic rings. The Morgan fingerprint density at radius 3 is 2.19 bits per heavy atom. The zero-order chi connectivity index (χ0) is 12.7. The van der Waals surface area contributed by atoms with E-state index in [-0.39, 0.29) is 11.0 Å². The van der Waals surface area contributed by atoms with Crippen molar-refractivity contribution in [2.75, 3.05) is 0 Å². The van der Waals surface area contributed by atoms with E-state index in [1.807, 2.05) is 6.08 Å². The zero-order valence-corrected chi connectivity index (χ0v) is 12.7. The van der Waals surface area contributed by atoms with Crippen LogP contribution < -0.4 is 5.32 Å². The van der Waals surface area contributed by atoms with Gasteiger partial charge in [-0.2, -0.15) is 0 Å². The number of thiocarbonyl (C=S) groups is 1. The second kappa shape index (κ2) is 4.47. The molecule has 0 aliphatic heterocycles. The van der Waals surface area contributed by atoms with Crippen LogP contribution in [-0.4, -0.2) is 10.5 Å². The highest BCUT2D eigenvalue weighted by Crippen LogP contribution is 2.60. The van der Waals surface area contributed by atoms with Crippen molar-refractivity contribution in [3.8, 4) is 0 Å². The zero-order valence-electron chi connectivity index (χ0n) is 10.4. The second-order valence-electron chi connectivity index (χ2n) is 6.02. The highest BCUT2D eigenvalue weighted by molar-refractivity contribution is 7.80. The van der Waals surface area contributed by atoms with E-state index < -0.39 is 0 Å². The summed E-state index contributed by atoms with van der Waals surface area (Å²) < 4.78 is 0.333. The van der Waals surface area contributed by atoms with Gasteiger partial charge in [0.15, 0.2) is 0 Å². The molecule has 1 aliphatic rings. The first-order valence-electron chi connectivity index (χ1n) is 5.40. The van der Waals surface area contributed by atoms with Gasteiger partial charge in [-0.3, -0.25) is 0 Å². The van der Waals surface area contributed by atoms with Crippen LogP contribution in [0.1, 0.15) is 34.6 Å². The molecule has 1 saturated carbocycles. The van der Waals surface area contributed by atoms with Gasteiger partial charge in [0.05, 0.1) is 4.99 Å². The van der Waals surface area contributed by atoms with Gasteiger partial charge in [-0.15, -0.1) is 0 Å². The molecule has 2 atom stereocenters. The van der Waals surface area contributed by atoms with E-state index in [1.54, 1.807) is 0 Å². The minimum atomic E-state index is 0.00871. The summed E-state index contributed by atoms with van der Waals surface area (Å²) in [5.41, 5.74) is 0.166. The SMILES string of the molecule is CC(C)(C)NC(=S)C1C(C=C(Cl)Cl)C1(C)C. The van der Waals surface area contributed by atoms with Crippen LogP contribution >= 0.6 is 35.4 Å². The summed E-state index contributed by atoms with van der Waals surface area (Å²) in [6.07, 6.45) is 1.89. The van der Waals surface area contributed by atoms with E-state index in [0.29, 0.717) is 16.3 Å². The molecule has 0 radical (unpaired) electrons. The first-order valence-corrected chi connectivity index (χ1v) is 6.57. The normalized spacial score (nSPS) is 27.2. The van der Waals surface area contributed by atoms with Crippen LogP contribution in [0.2, 0.25) is 0 Å².